The number of likely N-dealkylation sites (tertiary alicyclic amines) is 1. The number of amides is 10. The van der Waals surface area contributed by atoms with E-state index in [0.717, 1.165) is 0 Å². The Bertz CT molecular complexity index is 2080. The van der Waals surface area contributed by atoms with E-state index in [9.17, 15) is 62.6 Å². The van der Waals surface area contributed by atoms with Gasteiger partial charge in [-0.15, -0.1) is 0 Å². The molecule has 10 atom stereocenters. The zero-order valence-corrected chi connectivity index (χ0v) is 50.1. The van der Waals surface area contributed by atoms with Crippen molar-refractivity contribution in [2.24, 2.45) is 28.9 Å². The summed E-state index contributed by atoms with van der Waals surface area (Å²) in [6.07, 6.45) is 6.54. The van der Waals surface area contributed by atoms with Crippen molar-refractivity contribution < 1.29 is 67.7 Å². The van der Waals surface area contributed by atoms with Crippen LogP contribution in [0.3, 0.4) is 0 Å². The molecule has 1 saturated heterocycles. The Kier molecular flexibility index (Phi) is 37.0. The first-order valence-corrected chi connectivity index (χ1v) is 31.6. The summed E-state index contributed by atoms with van der Waals surface area (Å²) in [5.41, 5.74) is 22.8. The van der Waals surface area contributed by atoms with Gasteiger partial charge in [0.15, 0.2) is 0 Å². The van der Waals surface area contributed by atoms with Crippen molar-refractivity contribution in [1.29, 1.82) is 0 Å². The van der Waals surface area contributed by atoms with Crippen LogP contribution >= 0.6 is 35.3 Å². The second-order valence-electron chi connectivity index (χ2n) is 20.3. The maximum Gasteiger partial charge on any atom is 0.326 e. The Hall–Kier alpha value is -5.43. The van der Waals surface area contributed by atoms with E-state index in [-0.39, 0.29) is 76.9 Å². The fourth-order valence-electron chi connectivity index (χ4n) is 8.52. The Morgan fingerprint density at radius 1 is 0.506 bits per heavy atom. The van der Waals surface area contributed by atoms with E-state index in [1.54, 1.807) is 20.1 Å². The van der Waals surface area contributed by atoms with Crippen LogP contribution in [0.1, 0.15) is 124 Å². The number of hydrogen-bond acceptors (Lipinski definition) is 18. The minimum Gasteiger partial charge on any atom is -0.481 e. The van der Waals surface area contributed by atoms with Crippen molar-refractivity contribution in [3.8, 4) is 0 Å². The third kappa shape index (κ3) is 28.9. The molecule has 0 saturated carbocycles. The van der Waals surface area contributed by atoms with Crippen molar-refractivity contribution in [2.45, 2.75) is 184 Å². The molecule has 30 heteroatoms. The number of rotatable bonds is 43. The van der Waals surface area contributed by atoms with Gasteiger partial charge < -0.3 is 80.6 Å². The van der Waals surface area contributed by atoms with E-state index in [1.807, 2.05) is 12.5 Å². The Morgan fingerprint density at radius 2 is 0.877 bits per heavy atom. The van der Waals surface area contributed by atoms with Crippen LogP contribution in [0.4, 0.5) is 0 Å². The number of aliphatic carboxylic acids is 2. The van der Waals surface area contributed by atoms with Crippen LogP contribution in [0.5, 0.6) is 0 Å². The number of thioether (sulfide) groups is 3. The molecule has 0 aromatic rings. The average molecular weight is 1210 g/mol. The molecule has 0 aromatic carbocycles. The fraction of sp³-hybridized carbons (Fsp3) is 0.765. The number of carboxylic acids is 2. The molecular weight excluding hydrogens is 1110 g/mol. The number of hydrogen-bond donors (Lipinski definition) is 14. The first kappa shape index (κ1) is 73.6. The molecule has 27 nitrogen and oxygen atoms in total. The maximum atomic E-state index is 14.4. The van der Waals surface area contributed by atoms with Crippen LogP contribution in [0, 0.1) is 5.92 Å². The van der Waals surface area contributed by atoms with Crippen LogP contribution in [0.25, 0.3) is 0 Å². The number of nitrogens with two attached hydrogens (primary N) is 4. The second-order valence-corrected chi connectivity index (χ2v) is 23.2. The van der Waals surface area contributed by atoms with Gasteiger partial charge in [-0.2, -0.15) is 35.3 Å². The van der Waals surface area contributed by atoms with Crippen LogP contribution in [0.15, 0.2) is 0 Å². The molecule has 1 fully saturated rings. The van der Waals surface area contributed by atoms with Gasteiger partial charge in [0.25, 0.3) is 0 Å². The first-order chi connectivity index (χ1) is 38.3. The van der Waals surface area contributed by atoms with E-state index in [1.165, 1.54) is 47.1 Å². The van der Waals surface area contributed by atoms with Gasteiger partial charge in [-0.05, 0) is 152 Å². The van der Waals surface area contributed by atoms with Gasteiger partial charge in [-0.25, -0.2) is 4.79 Å². The summed E-state index contributed by atoms with van der Waals surface area (Å²) in [7, 11) is 0. The lowest BCUT2D eigenvalue weighted by atomic mass is 10.0. The Labute approximate surface area is 487 Å². The fourth-order valence-corrected chi connectivity index (χ4v) is 9.93. The molecule has 1 aliphatic heterocycles. The van der Waals surface area contributed by atoms with Crippen molar-refractivity contribution in [3.63, 3.8) is 0 Å². The Balaban J connectivity index is 3.55. The zero-order chi connectivity index (χ0) is 61.2. The molecule has 18 N–H and O–H groups in total. The summed E-state index contributed by atoms with van der Waals surface area (Å²) in [6.45, 7) is 5.63. The quantitative estimate of drug-likeness (QED) is 0.0293. The highest BCUT2D eigenvalue weighted by Crippen LogP contribution is 2.22. The highest BCUT2D eigenvalue weighted by atomic mass is 32.2. The number of nitrogens with one attached hydrogen (secondary N) is 8. The van der Waals surface area contributed by atoms with E-state index in [4.69, 9.17) is 28.0 Å². The molecule has 1 heterocycles. The number of unbranched alkanes of at least 4 members (excludes halogenated alkanes) is 2. The Morgan fingerprint density at radius 3 is 1.22 bits per heavy atom. The third-order valence-corrected chi connectivity index (χ3v) is 15.0. The summed E-state index contributed by atoms with van der Waals surface area (Å²) in [5, 5.41) is 39.9. The highest BCUT2D eigenvalue weighted by molar-refractivity contribution is 7.98. The standard InChI is InChI=1S/C51H91N13O14S3/c1-29(2)28-38(50(76)64-24-11-14-39(64)49(75)62-37(51(77)78)16-18-41(66)67)63-45(71)33(15-17-40(55)65)59-48(74)36(21-27-81-6)60-44(70)32(13-8-10-23-53)57-43(69)31(12-7-9-22-52)58-47(73)35(20-26-80-5)61-46(72)34(19-25-79-4)56-42(68)30(3)54/h29-39H,7-28,52-54H2,1-6H3,(H2,55,65)(H,56,68)(H,57,69)(H,58,73)(H,59,74)(H,60,70)(H,61,72)(H,62,75)(H,63,71)(H,66,67)(H,77,78)/t30-,31-,32-,33-,34-,35-,36-,37-,38-,39-/m0/s1. The second kappa shape index (κ2) is 40.7. The number of carboxylic acid groups (broad SMARTS) is 2. The lowest BCUT2D eigenvalue weighted by Gasteiger charge is -2.31. The monoisotopic (exact) mass is 1210 g/mol. The number of primary amides is 1. The van der Waals surface area contributed by atoms with Gasteiger partial charge in [0.2, 0.25) is 59.1 Å². The van der Waals surface area contributed by atoms with E-state index >= 15 is 0 Å². The third-order valence-electron chi connectivity index (χ3n) is 13.0. The molecule has 1 aliphatic rings. The molecule has 0 bridgehead atoms. The molecule has 0 aromatic heterocycles. The number of carbonyl (C=O) groups excluding carboxylic acids is 10. The molecule has 81 heavy (non-hydrogen) atoms. The predicted octanol–water partition coefficient (Wildman–Crippen LogP) is -2.02. The molecular formula is C51H91N13O14S3. The summed E-state index contributed by atoms with van der Waals surface area (Å²) in [5.74, 6) is -9.13. The average Bonchev–Trinajstić information content (AvgIpc) is 3.99. The minimum atomic E-state index is -1.55. The summed E-state index contributed by atoms with van der Waals surface area (Å²) < 4.78 is 0. The minimum absolute atomic E-state index is 0.0201. The maximum absolute atomic E-state index is 14.4. The highest BCUT2D eigenvalue weighted by Gasteiger charge is 2.40. The van der Waals surface area contributed by atoms with E-state index in [0.29, 0.717) is 49.4 Å². The van der Waals surface area contributed by atoms with Gasteiger partial charge in [-0.1, -0.05) is 13.8 Å². The molecule has 10 amide bonds. The molecule has 0 aliphatic carbocycles. The topological polar surface area (TPSA) is 449 Å². The lowest BCUT2D eigenvalue weighted by Crippen LogP contribution is -2.60. The molecule has 0 unspecified atom stereocenters. The molecule has 0 radical (unpaired) electrons. The van der Waals surface area contributed by atoms with Crippen LogP contribution in [0.2, 0.25) is 0 Å². The van der Waals surface area contributed by atoms with Gasteiger partial charge >= 0.3 is 11.9 Å². The van der Waals surface area contributed by atoms with Crippen LogP contribution in [-0.2, 0) is 57.5 Å². The van der Waals surface area contributed by atoms with Crippen LogP contribution < -0.4 is 65.5 Å². The lowest BCUT2D eigenvalue weighted by molar-refractivity contribution is -0.145. The zero-order valence-electron chi connectivity index (χ0n) is 47.7. The normalized spacial score (nSPS) is 16.4. The van der Waals surface area contributed by atoms with Crippen molar-refractivity contribution >= 4 is 106 Å². The van der Waals surface area contributed by atoms with Crippen molar-refractivity contribution in [1.82, 2.24) is 47.4 Å². The SMILES string of the molecule is CSCC[C@H](NC(=O)[C@H](C)N)C(=O)N[C@@H](CCSC)C(=O)N[C@@H](CCCCN)C(=O)N[C@@H](CCCCN)C(=O)N[C@@H](CCSC)C(=O)N[C@@H](CCC(N)=O)C(=O)N[C@@H](CC(C)C)C(=O)N1CCC[C@H]1C(=O)N[C@@H](CCC(=O)O)C(=O)O. The van der Waals surface area contributed by atoms with Gasteiger partial charge in [0.1, 0.15) is 54.4 Å². The van der Waals surface area contributed by atoms with Gasteiger partial charge in [0.05, 0.1) is 6.04 Å². The van der Waals surface area contributed by atoms with Gasteiger partial charge in [0, 0.05) is 19.4 Å². The largest absolute Gasteiger partial charge is 0.481 e. The summed E-state index contributed by atoms with van der Waals surface area (Å²) in [4.78, 5) is 161. The summed E-state index contributed by atoms with van der Waals surface area (Å²) >= 11 is 4.23. The van der Waals surface area contributed by atoms with E-state index in [2.05, 4.69) is 42.5 Å². The molecule has 1 rings (SSSR count). The van der Waals surface area contributed by atoms with E-state index < -0.39 is 151 Å². The van der Waals surface area contributed by atoms with Crippen LogP contribution in [-0.4, -0.2) is 202 Å². The molecule has 0 spiro atoms. The number of nitrogens with zero attached hydrogens (tertiary/aromatic N) is 1. The number of carbonyl (C=O) groups is 12. The first-order valence-electron chi connectivity index (χ1n) is 27.4. The summed E-state index contributed by atoms with van der Waals surface area (Å²) in [6, 6.07) is -12.4. The van der Waals surface area contributed by atoms with Crippen molar-refractivity contribution in [3.05, 3.63) is 0 Å². The molecule has 462 valence electrons. The van der Waals surface area contributed by atoms with Gasteiger partial charge in [-0.3, -0.25) is 52.7 Å². The van der Waals surface area contributed by atoms with Crippen molar-refractivity contribution in [2.75, 3.05) is 55.7 Å². The smallest absolute Gasteiger partial charge is 0.326 e. The predicted molar refractivity (Wildman–Crippen MR) is 311 cm³/mol.